The fourth-order valence-corrected chi connectivity index (χ4v) is 2.22. The van der Waals surface area contributed by atoms with Gasteiger partial charge in [0.2, 0.25) is 0 Å². The zero-order valence-electron chi connectivity index (χ0n) is 15.0. The Kier molecular flexibility index (Phi) is 9.08. The molecule has 0 fully saturated rings. The summed E-state index contributed by atoms with van der Waals surface area (Å²) in [5.74, 6) is -0.789. The predicted molar refractivity (Wildman–Crippen MR) is 94.7 cm³/mol. The van der Waals surface area contributed by atoms with E-state index >= 15 is 0 Å². The average molecular weight is 353 g/mol. The molecule has 0 bridgehead atoms. The number of carbonyl (C=O) groups excluding carboxylic acids is 2. The zero-order chi connectivity index (χ0) is 18.8. The van der Waals surface area contributed by atoms with Crippen molar-refractivity contribution in [3.05, 3.63) is 35.6 Å². The second kappa shape index (κ2) is 10.8. The molecule has 140 valence electrons. The number of urea groups is 1. The largest absolute Gasteiger partial charge is 0.361 e. The van der Waals surface area contributed by atoms with Gasteiger partial charge in [0, 0.05) is 18.2 Å². The maximum Gasteiger partial charge on any atom is 0.317 e. The summed E-state index contributed by atoms with van der Waals surface area (Å²) in [6, 6.07) is 4.21. The maximum absolute atomic E-state index is 13.0. The summed E-state index contributed by atoms with van der Waals surface area (Å²) in [7, 11) is 0. The summed E-state index contributed by atoms with van der Waals surface area (Å²) >= 11 is 0. The molecule has 0 aromatic heterocycles. The van der Waals surface area contributed by atoms with Crippen molar-refractivity contribution in [1.82, 2.24) is 10.6 Å². The molecule has 2 amide bonds. The highest BCUT2D eigenvalue weighted by atomic mass is 19.1. The van der Waals surface area contributed by atoms with Crippen LogP contribution in [0.3, 0.4) is 0 Å². The number of amides is 2. The molecule has 0 aliphatic heterocycles. The molecule has 7 heteroatoms. The van der Waals surface area contributed by atoms with E-state index in [9.17, 15) is 14.0 Å². The lowest BCUT2D eigenvalue weighted by Gasteiger charge is -2.21. The third-order valence-corrected chi connectivity index (χ3v) is 3.65. The van der Waals surface area contributed by atoms with Crippen molar-refractivity contribution in [3.8, 4) is 0 Å². The van der Waals surface area contributed by atoms with Crippen LogP contribution in [0.5, 0.6) is 0 Å². The number of ether oxygens (including phenoxy) is 1. The summed E-state index contributed by atoms with van der Waals surface area (Å²) in [6.07, 6.45) is 1.67. The molecule has 25 heavy (non-hydrogen) atoms. The number of hydrogen-bond acceptors (Lipinski definition) is 4. The van der Waals surface area contributed by atoms with Gasteiger partial charge in [-0.05, 0) is 49.9 Å². The fraction of sp³-hybridized carbons (Fsp3) is 0.556. The van der Waals surface area contributed by atoms with Crippen molar-refractivity contribution in [2.24, 2.45) is 11.7 Å². The molecular formula is C18H28FN3O3. The fourth-order valence-electron chi connectivity index (χ4n) is 2.22. The van der Waals surface area contributed by atoms with Crippen LogP contribution in [0.4, 0.5) is 9.18 Å². The van der Waals surface area contributed by atoms with Crippen molar-refractivity contribution in [2.45, 2.75) is 45.7 Å². The molecule has 1 rings (SSSR count). The molecule has 0 heterocycles. The van der Waals surface area contributed by atoms with E-state index in [1.54, 1.807) is 0 Å². The molecule has 1 aromatic rings. The van der Waals surface area contributed by atoms with E-state index in [1.807, 2.05) is 20.8 Å². The van der Waals surface area contributed by atoms with Gasteiger partial charge in [0.25, 0.3) is 0 Å². The van der Waals surface area contributed by atoms with E-state index in [-0.39, 0.29) is 24.5 Å². The molecule has 0 saturated carbocycles. The number of hydrogen-bond donors (Lipinski definition) is 3. The number of halogens is 1. The lowest BCUT2D eigenvalue weighted by Crippen LogP contribution is -2.49. The number of rotatable bonds is 10. The van der Waals surface area contributed by atoms with Gasteiger partial charge in [-0.2, -0.15) is 0 Å². The summed E-state index contributed by atoms with van der Waals surface area (Å²) in [6.45, 7) is 6.15. The lowest BCUT2D eigenvalue weighted by atomic mass is 9.95. The van der Waals surface area contributed by atoms with Crippen molar-refractivity contribution in [3.63, 3.8) is 0 Å². The Labute approximate surface area is 148 Å². The highest BCUT2D eigenvalue weighted by Crippen LogP contribution is 2.11. The van der Waals surface area contributed by atoms with Gasteiger partial charge >= 0.3 is 6.03 Å². The first-order chi connectivity index (χ1) is 11.8. The molecule has 0 radical (unpaired) electrons. The van der Waals surface area contributed by atoms with E-state index in [0.29, 0.717) is 12.2 Å². The van der Waals surface area contributed by atoms with Crippen LogP contribution in [0.1, 0.15) is 44.0 Å². The van der Waals surface area contributed by atoms with E-state index in [2.05, 4.69) is 10.6 Å². The molecular weight excluding hydrogens is 325 g/mol. The Morgan fingerprint density at radius 3 is 2.40 bits per heavy atom. The number of benzene rings is 1. The Morgan fingerprint density at radius 2 is 1.84 bits per heavy atom. The van der Waals surface area contributed by atoms with Crippen molar-refractivity contribution < 1.29 is 18.7 Å². The van der Waals surface area contributed by atoms with Gasteiger partial charge in [0.05, 0.1) is 6.04 Å². The smallest absolute Gasteiger partial charge is 0.317 e. The summed E-state index contributed by atoms with van der Waals surface area (Å²) in [5.41, 5.74) is 5.99. The van der Waals surface area contributed by atoms with Crippen molar-refractivity contribution in [1.29, 1.82) is 0 Å². The van der Waals surface area contributed by atoms with Gasteiger partial charge in [-0.15, -0.1) is 0 Å². The molecule has 4 N–H and O–H groups in total. The number of Topliss-reactive ketones (excluding diaryl/α,β-unsaturated/α-hetero) is 1. The number of nitrogens with two attached hydrogens (primary N) is 1. The van der Waals surface area contributed by atoms with Crippen molar-refractivity contribution >= 4 is 11.8 Å². The van der Waals surface area contributed by atoms with Crippen LogP contribution in [-0.2, 0) is 4.74 Å². The van der Waals surface area contributed by atoms with Crippen LogP contribution in [0.25, 0.3) is 0 Å². The topological polar surface area (TPSA) is 93.4 Å². The standard InChI is InChI=1S/C18H28FN3O3/c1-12(2)16(17(23)14-6-8-15(19)9-7-14)22-18(24)21-11-25-10-4-5-13(3)20/h6-9,12-13,16H,4-5,10-11,20H2,1-3H3,(H2,21,22,24)/t13-,16?/m1/s1. The Balaban J connectivity index is 2.45. The SMILES string of the molecule is CC(C)C(NC(=O)NCOCCC[C@@H](C)N)C(=O)c1ccc(F)cc1. The minimum atomic E-state index is -0.705. The molecule has 2 atom stereocenters. The van der Waals surface area contributed by atoms with E-state index in [4.69, 9.17) is 10.5 Å². The van der Waals surface area contributed by atoms with Crippen LogP contribution < -0.4 is 16.4 Å². The third kappa shape index (κ3) is 8.09. The summed E-state index contributed by atoms with van der Waals surface area (Å²) < 4.78 is 18.3. The van der Waals surface area contributed by atoms with Crippen LogP contribution in [0.15, 0.2) is 24.3 Å². The van der Waals surface area contributed by atoms with Gasteiger partial charge in [0.1, 0.15) is 12.5 Å². The second-order valence-corrected chi connectivity index (χ2v) is 6.42. The Hall–Kier alpha value is -1.99. The summed E-state index contributed by atoms with van der Waals surface area (Å²) in [4.78, 5) is 24.5. The minimum Gasteiger partial charge on any atom is -0.361 e. The molecule has 1 unspecified atom stereocenters. The Morgan fingerprint density at radius 1 is 1.20 bits per heavy atom. The van der Waals surface area contributed by atoms with E-state index < -0.39 is 17.9 Å². The van der Waals surface area contributed by atoms with Gasteiger partial charge in [0.15, 0.2) is 5.78 Å². The van der Waals surface area contributed by atoms with Gasteiger partial charge in [-0.3, -0.25) is 4.79 Å². The molecule has 0 aliphatic rings. The highest BCUT2D eigenvalue weighted by molar-refractivity contribution is 6.01. The number of carbonyl (C=O) groups is 2. The van der Waals surface area contributed by atoms with Crippen molar-refractivity contribution in [2.75, 3.05) is 13.3 Å². The molecule has 0 spiro atoms. The monoisotopic (exact) mass is 353 g/mol. The third-order valence-electron chi connectivity index (χ3n) is 3.65. The second-order valence-electron chi connectivity index (χ2n) is 6.42. The van der Waals surface area contributed by atoms with Crippen LogP contribution in [0, 0.1) is 11.7 Å². The highest BCUT2D eigenvalue weighted by Gasteiger charge is 2.25. The van der Waals surface area contributed by atoms with E-state index in [1.165, 1.54) is 24.3 Å². The van der Waals surface area contributed by atoms with E-state index in [0.717, 1.165) is 12.8 Å². The number of ketones is 1. The quantitative estimate of drug-likeness (QED) is 0.342. The number of nitrogens with one attached hydrogen (secondary N) is 2. The molecule has 6 nitrogen and oxygen atoms in total. The Bertz CT molecular complexity index is 547. The molecule has 1 aromatic carbocycles. The minimum absolute atomic E-state index is 0.0559. The van der Waals surface area contributed by atoms with Crippen LogP contribution in [-0.4, -0.2) is 37.2 Å². The average Bonchev–Trinajstić information content (AvgIpc) is 2.55. The maximum atomic E-state index is 13.0. The zero-order valence-corrected chi connectivity index (χ0v) is 15.0. The van der Waals surface area contributed by atoms with Crippen LogP contribution >= 0.6 is 0 Å². The van der Waals surface area contributed by atoms with Gasteiger partial charge in [-0.25, -0.2) is 9.18 Å². The first kappa shape index (κ1) is 21.1. The molecule has 0 saturated heterocycles. The van der Waals surface area contributed by atoms with Gasteiger partial charge in [-0.1, -0.05) is 13.8 Å². The molecule has 0 aliphatic carbocycles. The normalized spacial score (nSPS) is 13.4. The van der Waals surface area contributed by atoms with Gasteiger partial charge < -0.3 is 21.1 Å². The summed E-state index contributed by atoms with van der Waals surface area (Å²) in [5, 5.41) is 5.20. The lowest BCUT2D eigenvalue weighted by molar-refractivity contribution is 0.0910. The predicted octanol–water partition coefficient (Wildman–Crippen LogP) is 2.43. The first-order valence-corrected chi connectivity index (χ1v) is 8.48. The van der Waals surface area contributed by atoms with Crippen LogP contribution in [0.2, 0.25) is 0 Å². The first-order valence-electron chi connectivity index (χ1n) is 8.48.